The van der Waals surface area contributed by atoms with Crippen molar-refractivity contribution in [1.29, 1.82) is 0 Å². The molecule has 0 spiro atoms. The number of aromatic nitrogens is 2. The predicted molar refractivity (Wildman–Crippen MR) is 59.8 cm³/mol. The summed E-state index contributed by atoms with van der Waals surface area (Å²) in [4.78, 5) is 0. The van der Waals surface area contributed by atoms with Crippen molar-refractivity contribution in [1.82, 2.24) is 9.78 Å². The van der Waals surface area contributed by atoms with Crippen LogP contribution in [0.25, 0.3) is 5.57 Å². The van der Waals surface area contributed by atoms with Crippen molar-refractivity contribution in [3.05, 3.63) is 24.0 Å². The quantitative estimate of drug-likeness (QED) is 0.777. The van der Waals surface area contributed by atoms with E-state index in [9.17, 15) is 0 Å². The number of allylic oxidation sites excluding steroid dienone is 1. The first-order valence-electron chi connectivity index (χ1n) is 5.18. The van der Waals surface area contributed by atoms with Crippen LogP contribution in [0.15, 0.2) is 18.3 Å². The minimum absolute atomic E-state index is 0.708. The second kappa shape index (κ2) is 5.60. The van der Waals surface area contributed by atoms with Crippen molar-refractivity contribution in [2.75, 3.05) is 6.54 Å². The third-order valence-corrected chi connectivity index (χ3v) is 2.17. The van der Waals surface area contributed by atoms with Gasteiger partial charge in [-0.05, 0) is 37.9 Å². The molecule has 3 nitrogen and oxygen atoms in total. The van der Waals surface area contributed by atoms with Crippen LogP contribution in [0.4, 0.5) is 0 Å². The molecule has 0 saturated carbocycles. The highest BCUT2D eigenvalue weighted by Crippen LogP contribution is 2.13. The summed E-state index contributed by atoms with van der Waals surface area (Å²) >= 11 is 0. The van der Waals surface area contributed by atoms with Crippen molar-refractivity contribution >= 4 is 5.57 Å². The van der Waals surface area contributed by atoms with Crippen LogP contribution in [0.3, 0.4) is 0 Å². The van der Waals surface area contributed by atoms with Gasteiger partial charge < -0.3 is 5.73 Å². The van der Waals surface area contributed by atoms with Crippen molar-refractivity contribution in [3.8, 4) is 0 Å². The zero-order valence-electron chi connectivity index (χ0n) is 9.03. The van der Waals surface area contributed by atoms with Crippen molar-refractivity contribution < 1.29 is 0 Å². The summed E-state index contributed by atoms with van der Waals surface area (Å²) in [6.45, 7) is 5.96. The molecule has 1 aromatic heterocycles. The molecule has 0 aliphatic heterocycles. The van der Waals surface area contributed by atoms with Gasteiger partial charge in [-0.3, -0.25) is 4.68 Å². The molecule has 1 rings (SSSR count). The molecule has 1 heterocycles. The molecule has 0 fully saturated rings. The highest BCUT2D eigenvalue weighted by Gasteiger charge is 2.02. The summed E-state index contributed by atoms with van der Waals surface area (Å²) in [6, 6.07) is 2.05. The summed E-state index contributed by atoms with van der Waals surface area (Å²) in [5, 5.41) is 4.28. The van der Waals surface area contributed by atoms with E-state index in [4.69, 9.17) is 5.73 Å². The van der Waals surface area contributed by atoms with Crippen LogP contribution in [-0.4, -0.2) is 16.3 Å². The smallest absolute Gasteiger partial charge is 0.0635 e. The van der Waals surface area contributed by atoms with E-state index in [2.05, 4.69) is 31.1 Å². The van der Waals surface area contributed by atoms with Gasteiger partial charge >= 0.3 is 0 Å². The van der Waals surface area contributed by atoms with E-state index in [1.54, 1.807) is 0 Å². The van der Waals surface area contributed by atoms with E-state index < -0.39 is 0 Å². The summed E-state index contributed by atoms with van der Waals surface area (Å²) in [5.74, 6) is 0. The van der Waals surface area contributed by atoms with Crippen LogP contribution in [0.5, 0.6) is 0 Å². The minimum Gasteiger partial charge on any atom is -0.330 e. The average molecular weight is 193 g/mol. The Morgan fingerprint density at radius 1 is 1.64 bits per heavy atom. The number of aryl methyl sites for hydroxylation is 1. The fourth-order valence-corrected chi connectivity index (χ4v) is 1.46. The zero-order chi connectivity index (χ0) is 10.4. The third kappa shape index (κ3) is 2.70. The molecule has 0 aliphatic rings. The first-order chi connectivity index (χ1) is 6.79. The minimum atomic E-state index is 0.708. The van der Waals surface area contributed by atoms with Crippen LogP contribution < -0.4 is 5.73 Å². The first kappa shape index (κ1) is 11.0. The van der Waals surface area contributed by atoms with Gasteiger partial charge in [0.25, 0.3) is 0 Å². The zero-order valence-corrected chi connectivity index (χ0v) is 9.03. The first-order valence-corrected chi connectivity index (χ1v) is 5.18. The van der Waals surface area contributed by atoms with Gasteiger partial charge in [0.2, 0.25) is 0 Å². The molecule has 0 bridgehead atoms. The number of nitrogens with zero attached hydrogens (tertiary/aromatic N) is 2. The Hall–Kier alpha value is -1.09. The Balaban J connectivity index is 2.77. The number of hydrogen-bond acceptors (Lipinski definition) is 2. The van der Waals surface area contributed by atoms with Gasteiger partial charge in [0, 0.05) is 12.7 Å². The molecule has 0 aliphatic carbocycles. The Morgan fingerprint density at radius 3 is 3.07 bits per heavy atom. The molecule has 1 aromatic rings. The second-order valence-electron chi connectivity index (χ2n) is 3.40. The summed E-state index contributed by atoms with van der Waals surface area (Å²) in [5.41, 5.74) is 7.93. The van der Waals surface area contributed by atoms with Gasteiger partial charge in [0.15, 0.2) is 0 Å². The molecular formula is C11H19N3. The molecule has 0 unspecified atom stereocenters. The molecule has 0 radical (unpaired) electrons. The fourth-order valence-electron chi connectivity index (χ4n) is 1.46. The number of hydrogen-bond donors (Lipinski definition) is 1. The van der Waals surface area contributed by atoms with Gasteiger partial charge in [0.1, 0.15) is 0 Å². The molecule has 0 amide bonds. The third-order valence-electron chi connectivity index (χ3n) is 2.17. The molecular weight excluding hydrogens is 174 g/mol. The Morgan fingerprint density at radius 2 is 2.43 bits per heavy atom. The lowest BCUT2D eigenvalue weighted by Gasteiger charge is -2.05. The maximum Gasteiger partial charge on any atom is 0.0635 e. The van der Waals surface area contributed by atoms with Crippen molar-refractivity contribution in [3.63, 3.8) is 0 Å². The summed E-state index contributed by atoms with van der Waals surface area (Å²) in [6.07, 6.45) is 6.07. The lowest BCUT2D eigenvalue weighted by Crippen LogP contribution is -2.03. The van der Waals surface area contributed by atoms with E-state index in [1.165, 1.54) is 11.3 Å². The topological polar surface area (TPSA) is 43.8 Å². The highest BCUT2D eigenvalue weighted by molar-refractivity contribution is 5.60. The molecule has 0 atom stereocenters. The van der Waals surface area contributed by atoms with Crippen LogP contribution in [-0.2, 0) is 6.54 Å². The monoisotopic (exact) mass is 193 g/mol. The van der Waals surface area contributed by atoms with Gasteiger partial charge in [-0.15, -0.1) is 0 Å². The van der Waals surface area contributed by atoms with E-state index in [0.717, 1.165) is 19.4 Å². The van der Waals surface area contributed by atoms with Crippen molar-refractivity contribution in [2.45, 2.75) is 33.2 Å². The van der Waals surface area contributed by atoms with E-state index >= 15 is 0 Å². The highest BCUT2D eigenvalue weighted by atomic mass is 15.3. The standard InChI is InChI=1S/C11H19N3/c1-3-9-14-11(6-8-13-14)10(2)5-4-7-12/h5-6,8H,3-4,7,9,12H2,1-2H3. The lowest BCUT2D eigenvalue weighted by atomic mass is 10.2. The van der Waals surface area contributed by atoms with E-state index in [0.29, 0.717) is 6.54 Å². The SMILES string of the molecule is CCCn1nccc1C(C)=CCCN. The second-order valence-corrected chi connectivity index (χ2v) is 3.40. The largest absolute Gasteiger partial charge is 0.330 e. The normalized spacial score (nSPS) is 12.1. The fraction of sp³-hybridized carbons (Fsp3) is 0.545. The van der Waals surface area contributed by atoms with Crippen molar-refractivity contribution in [2.24, 2.45) is 5.73 Å². The average Bonchev–Trinajstić information content (AvgIpc) is 2.63. The molecule has 0 saturated heterocycles. The van der Waals surface area contributed by atoms with Gasteiger partial charge in [-0.25, -0.2) is 0 Å². The van der Waals surface area contributed by atoms with Crippen LogP contribution in [0.1, 0.15) is 32.4 Å². The van der Waals surface area contributed by atoms with E-state index in [-0.39, 0.29) is 0 Å². The Bertz CT molecular complexity index is 299. The predicted octanol–water partition coefficient (Wildman–Crippen LogP) is 2.05. The molecule has 2 N–H and O–H groups in total. The summed E-state index contributed by atoms with van der Waals surface area (Å²) in [7, 11) is 0. The van der Waals surface area contributed by atoms with Crippen LogP contribution in [0, 0.1) is 0 Å². The molecule has 3 heteroatoms. The van der Waals surface area contributed by atoms with E-state index in [1.807, 2.05) is 10.9 Å². The molecule has 78 valence electrons. The molecule has 0 aromatic carbocycles. The van der Waals surface area contributed by atoms with Gasteiger partial charge in [-0.1, -0.05) is 13.0 Å². The number of rotatable bonds is 5. The van der Waals surface area contributed by atoms with Gasteiger partial charge in [0.05, 0.1) is 5.69 Å². The maximum absolute atomic E-state index is 5.46. The van der Waals surface area contributed by atoms with Crippen LogP contribution in [0.2, 0.25) is 0 Å². The Kier molecular flexibility index (Phi) is 4.40. The Labute approximate surface area is 85.6 Å². The lowest BCUT2D eigenvalue weighted by molar-refractivity contribution is 0.596. The van der Waals surface area contributed by atoms with Gasteiger partial charge in [-0.2, -0.15) is 5.10 Å². The molecule has 14 heavy (non-hydrogen) atoms. The maximum atomic E-state index is 5.46. The summed E-state index contributed by atoms with van der Waals surface area (Å²) < 4.78 is 2.04. The van der Waals surface area contributed by atoms with Crippen LogP contribution >= 0.6 is 0 Å². The number of nitrogens with two attached hydrogens (primary N) is 1.